The highest BCUT2D eigenvalue weighted by Gasteiger charge is 2.08. The van der Waals surface area contributed by atoms with E-state index in [1.165, 1.54) is 6.07 Å². The van der Waals surface area contributed by atoms with Gasteiger partial charge in [-0.1, -0.05) is 28.9 Å². The molecule has 0 aliphatic heterocycles. The van der Waals surface area contributed by atoms with Gasteiger partial charge in [0.05, 0.1) is 7.11 Å². The molecule has 0 atom stereocenters. The summed E-state index contributed by atoms with van der Waals surface area (Å²) in [7, 11) is 1.54. The summed E-state index contributed by atoms with van der Waals surface area (Å²) < 4.78 is 18.7. The second-order valence-corrected chi connectivity index (χ2v) is 4.66. The Bertz CT molecular complexity index is 346. The third kappa shape index (κ3) is 4.64. The summed E-state index contributed by atoms with van der Waals surface area (Å²) in [6.45, 7) is 4.65. The summed E-state index contributed by atoms with van der Waals surface area (Å²) in [5, 5.41) is 0.981. The van der Waals surface area contributed by atoms with Crippen LogP contribution in [0, 0.1) is 5.82 Å². The van der Waals surface area contributed by atoms with E-state index in [0.717, 1.165) is 30.4 Å². The van der Waals surface area contributed by atoms with Gasteiger partial charge in [0, 0.05) is 23.5 Å². The molecule has 0 unspecified atom stereocenters. The Balaban J connectivity index is 2.65. The van der Waals surface area contributed by atoms with Gasteiger partial charge in [0.2, 0.25) is 0 Å². The molecule has 0 spiro atoms. The fourth-order valence-corrected chi connectivity index (χ4v) is 1.91. The molecule has 0 N–H and O–H groups in total. The van der Waals surface area contributed by atoms with Crippen molar-refractivity contribution in [2.24, 2.45) is 0 Å². The van der Waals surface area contributed by atoms with Crippen molar-refractivity contribution in [2.75, 3.05) is 25.5 Å². The van der Waals surface area contributed by atoms with Crippen LogP contribution in [0.5, 0.6) is 5.75 Å². The van der Waals surface area contributed by atoms with E-state index in [1.54, 1.807) is 19.2 Å². The lowest BCUT2D eigenvalue weighted by Crippen LogP contribution is -2.24. The summed E-state index contributed by atoms with van der Waals surface area (Å²) in [6, 6.07) is 5.04. The summed E-state index contributed by atoms with van der Waals surface area (Å²) in [6.07, 6.45) is 1.08. The van der Waals surface area contributed by atoms with Gasteiger partial charge in [-0.2, -0.15) is 0 Å². The minimum Gasteiger partial charge on any atom is -0.497 e. The molecule has 96 valence electrons. The predicted molar refractivity (Wildman–Crippen MR) is 72.3 cm³/mol. The number of hydrogen-bond acceptors (Lipinski definition) is 2. The topological polar surface area (TPSA) is 12.5 Å². The van der Waals surface area contributed by atoms with E-state index in [4.69, 9.17) is 4.74 Å². The maximum Gasteiger partial charge on any atom is 0.131 e. The monoisotopic (exact) mass is 303 g/mol. The van der Waals surface area contributed by atoms with Crippen molar-refractivity contribution in [3.63, 3.8) is 0 Å². The maximum atomic E-state index is 13.7. The van der Waals surface area contributed by atoms with Gasteiger partial charge in [-0.3, -0.25) is 4.90 Å². The van der Waals surface area contributed by atoms with E-state index in [0.29, 0.717) is 12.3 Å². The van der Waals surface area contributed by atoms with Crippen LogP contribution in [0.3, 0.4) is 0 Å². The van der Waals surface area contributed by atoms with E-state index >= 15 is 0 Å². The van der Waals surface area contributed by atoms with Crippen LogP contribution in [0.4, 0.5) is 4.39 Å². The van der Waals surface area contributed by atoms with Crippen molar-refractivity contribution in [3.05, 3.63) is 29.6 Å². The first-order chi connectivity index (χ1) is 8.21. The third-order valence-corrected chi connectivity index (χ3v) is 3.27. The smallest absolute Gasteiger partial charge is 0.131 e. The van der Waals surface area contributed by atoms with E-state index in [1.807, 2.05) is 0 Å². The Labute approximate surface area is 111 Å². The molecule has 0 bridgehead atoms. The van der Waals surface area contributed by atoms with Gasteiger partial charge in [0.25, 0.3) is 0 Å². The lowest BCUT2D eigenvalue weighted by molar-refractivity contribution is 0.277. The summed E-state index contributed by atoms with van der Waals surface area (Å²) in [4.78, 5) is 2.23. The van der Waals surface area contributed by atoms with Crippen molar-refractivity contribution >= 4 is 15.9 Å². The standard InChI is InChI=1S/C13H19BrFNO/c1-3-16(8-4-7-14)10-11-5-6-12(17-2)9-13(11)15/h5-6,9H,3-4,7-8,10H2,1-2H3. The highest BCUT2D eigenvalue weighted by molar-refractivity contribution is 9.09. The van der Waals surface area contributed by atoms with Crippen LogP contribution in [0.25, 0.3) is 0 Å². The molecule has 4 heteroatoms. The fourth-order valence-electron chi connectivity index (χ4n) is 1.66. The van der Waals surface area contributed by atoms with Gasteiger partial charge in [0.15, 0.2) is 0 Å². The molecule has 0 aromatic heterocycles. The molecule has 2 nitrogen and oxygen atoms in total. The lowest BCUT2D eigenvalue weighted by atomic mass is 10.2. The Morgan fingerprint density at radius 1 is 1.41 bits per heavy atom. The minimum absolute atomic E-state index is 0.193. The second kappa shape index (κ2) is 7.67. The second-order valence-electron chi connectivity index (χ2n) is 3.87. The number of nitrogens with zero attached hydrogens (tertiary/aromatic N) is 1. The molecular weight excluding hydrogens is 285 g/mol. The van der Waals surface area contributed by atoms with Gasteiger partial charge >= 0.3 is 0 Å². The summed E-state index contributed by atoms with van der Waals surface area (Å²) in [5.41, 5.74) is 0.724. The van der Waals surface area contributed by atoms with E-state index in [2.05, 4.69) is 27.8 Å². The molecule has 1 aromatic carbocycles. The molecule has 0 amide bonds. The largest absolute Gasteiger partial charge is 0.497 e. The SMILES string of the molecule is CCN(CCCBr)Cc1ccc(OC)cc1F. The number of rotatable bonds is 7. The van der Waals surface area contributed by atoms with Crippen molar-refractivity contribution in [2.45, 2.75) is 19.9 Å². The predicted octanol–water partition coefficient (Wildman–Crippen LogP) is 3.44. The molecule has 1 aromatic rings. The molecule has 0 saturated carbocycles. The third-order valence-electron chi connectivity index (χ3n) is 2.71. The Hall–Kier alpha value is -0.610. The van der Waals surface area contributed by atoms with Crippen LogP contribution in [0.15, 0.2) is 18.2 Å². The van der Waals surface area contributed by atoms with Crippen LogP contribution < -0.4 is 4.74 Å². The number of ether oxygens (including phenoxy) is 1. The van der Waals surface area contributed by atoms with Gasteiger partial charge in [-0.25, -0.2) is 4.39 Å². The molecule has 0 radical (unpaired) electrons. The molecule has 0 aliphatic rings. The fraction of sp³-hybridized carbons (Fsp3) is 0.538. The highest BCUT2D eigenvalue weighted by Crippen LogP contribution is 2.17. The zero-order valence-corrected chi connectivity index (χ0v) is 12.0. The quantitative estimate of drug-likeness (QED) is 0.716. The first kappa shape index (κ1) is 14.5. The first-order valence-electron chi connectivity index (χ1n) is 5.82. The normalized spacial score (nSPS) is 10.9. The zero-order chi connectivity index (χ0) is 12.7. The van der Waals surface area contributed by atoms with Gasteiger partial charge < -0.3 is 4.74 Å². The molecule has 0 fully saturated rings. The molecule has 17 heavy (non-hydrogen) atoms. The van der Waals surface area contributed by atoms with E-state index < -0.39 is 0 Å². The van der Waals surface area contributed by atoms with Gasteiger partial charge in [-0.05, 0) is 25.6 Å². The van der Waals surface area contributed by atoms with E-state index in [9.17, 15) is 4.39 Å². The summed E-state index contributed by atoms with van der Waals surface area (Å²) >= 11 is 3.41. The first-order valence-corrected chi connectivity index (χ1v) is 6.94. The number of hydrogen-bond donors (Lipinski definition) is 0. The van der Waals surface area contributed by atoms with Crippen molar-refractivity contribution in [3.8, 4) is 5.75 Å². The molecule has 0 heterocycles. The summed E-state index contributed by atoms with van der Waals surface area (Å²) in [5.74, 6) is 0.372. The van der Waals surface area contributed by atoms with Crippen molar-refractivity contribution < 1.29 is 9.13 Å². The Kier molecular flexibility index (Phi) is 6.52. The van der Waals surface area contributed by atoms with Crippen molar-refractivity contribution in [1.29, 1.82) is 0 Å². The van der Waals surface area contributed by atoms with Crippen molar-refractivity contribution in [1.82, 2.24) is 4.90 Å². The number of alkyl halides is 1. The van der Waals surface area contributed by atoms with Gasteiger partial charge in [-0.15, -0.1) is 0 Å². The van der Waals surface area contributed by atoms with Crippen LogP contribution in [0.1, 0.15) is 18.9 Å². The molecular formula is C13H19BrFNO. The van der Waals surface area contributed by atoms with Gasteiger partial charge in [0.1, 0.15) is 11.6 Å². The maximum absolute atomic E-state index is 13.7. The lowest BCUT2D eigenvalue weighted by Gasteiger charge is -2.20. The zero-order valence-electron chi connectivity index (χ0n) is 10.4. The van der Waals surface area contributed by atoms with Crippen LogP contribution in [0.2, 0.25) is 0 Å². The molecule has 0 saturated heterocycles. The average molecular weight is 304 g/mol. The number of halogens is 2. The van der Waals surface area contributed by atoms with Crippen LogP contribution >= 0.6 is 15.9 Å². The molecule has 0 aliphatic carbocycles. The Morgan fingerprint density at radius 3 is 2.71 bits per heavy atom. The van der Waals surface area contributed by atoms with Crippen LogP contribution in [-0.4, -0.2) is 30.4 Å². The molecule has 1 rings (SSSR count). The van der Waals surface area contributed by atoms with E-state index in [-0.39, 0.29) is 5.82 Å². The highest BCUT2D eigenvalue weighted by atomic mass is 79.9. The average Bonchev–Trinajstić information content (AvgIpc) is 2.36. The number of methoxy groups -OCH3 is 1. The number of benzene rings is 1. The minimum atomic E-state index is -0.193. The van der Waals surface area contributed by atoms with Crippen LogP contribution in [-0.2, 0) is 6.54 Å². The Morgan fingerprint density at radius 2 is 2.18 bits per heavy atom.